The van der Waals surface area contributed by atoms with Gasteiger partial charge in [0.05, 0.1) is 41.4 Å². The number of ether oxygens (including phenoxy) is 1. The summed E-state index contributed by atoms with van der Waals surface area (Å²) in [7, 11) is 0. The Morgan fingerprint density at radius 2 is 1.78 bits per heavy atom. The van der Waals surface area contributed by atoms with Gasteiger partial charge < -0.3 is 10.1 Å². The molecule has 0 radical (unpaired) electrons. The molecule has 0 aliphatic carbocycles. The van der Waals surface area contributed by atoms with Crippen LogP contribution in [0.25, 0.3) is 5.69 Å². The minimum atomic E-state index is -0.275. The third-order valence-electron chi connectivity index (χ3n) is 5.77. The topological polar surface area (TPSA) is 59.4 Å². The highest BCUT2D eigenvalue weighted by Crippen LogP contribution is 2.23. The summed E-state index contributed by atoms with van der Waals surface area (Å²) in [6, 6.07) is 13.6. The van der Waals surface area contributed by atoms with E-state index < -0.39 is 0 Å². The van der Waals surface area contributed by atoms with E-state index >= 15 is 0 Å². The molecule has 6 nitrogen and oxygen atoms in total. The second kappa shape index (κ2) is 9.81. The van der Waals surface area contributed by atoms with Gasteiger partial charge >= 0.3 is 0 Å². The Bertz CT molecular complexity index is 1080. The van der Waals surface area contributed by atoms with Crippen LogP contribution < -0.4 is 5.32 Å². The summed E-state index contributed by atoms with van der Waals surface area (Å²) >= 11 is 6.24. The summed E-state index contributed by atoms with van der Waals surface area (Å²) in [5.74, 6) is -0.439. The molecule has 0 bridgehead atoms. The third kappa shape index (κ3) is 4.85. The van der Waals surface area contributed by atoms with Gasteiger partial charge in [0.25, 0.3) is 5.91 Å². The number of benzene rings is 2. The van der Waals surface area contributed by atoms with Crippen LogP contribution in [0.2, 0.25) is 5.02 Å². The zero-order valence-electron chi connectivity index (χ0n) is 18.1. The molecule has 32 heavy (non-hydrogen) atoms. The van der Waals surface area contributed by atoms with Crippen molar-refractivity contribution in [3.8, 4) is 5.69 Å². The van der Waals surface area contributed by atoms with Crippen molar-refractivity contribution in [3.05, 3.63) is 81.9 Å². The molecule has 3 aromatic rings. The van der Waals surface area contributed by atoms with Crippen LogP contribution in [0.5, 0.6) is 0 Å². The van der Waals surface area contributed by atoms with Crippen LogP contribution in [0.15, 0.2) is 48.5 Å². The van der Waals surface area contributed by atoms with Crippen LogP contribution in [0.3, 0.4) is 0 Å². The Hall–Kier alpha value is -2.74. The van der Waals surface area contributed by atoms with E-state index in [1.165, 1.54) is 12.1 Å². The molecule has 1 aromatic heterocycles. The van der Waals surface area contributed by atoms with E-state index in [9.17, 15) is 9.18 Å². The van der Waals surface area contributed by atoms with Gasteiger partial charge in [-0.1, -0.05) is 23.7 Å². The molecular weight excluding hydrogens is 431 g/mol. The number of nitrogens with zero attached hydrogens (tertiary/aromatic N) is 3. The van der Waals surface area contributed by atoms with Crippen LogP contribution >= 0.6 is 11.6 Å². The summed E-state index contributed by atoms with van der Waals surface area (Å²) < 4.78 is 20.6. The minimum Gasteiger partial charge on any atom is -0.379 e. The zero-order valence-corrected chi connectivity index (χ0v) is 18.9. The Balaban J connectivity index is 1.46. The predicted octanol–water partition coefficient (Wildman–Crippen LogP) is 4.08. The van der Waals surface area contributed by atoms with Crippen molar-refractivity contribution in [1.82, 2.24) is 20.0 Å². The van der Waals surface area contributed by atoms with E-state index in [2.05, 4.69) is 15.3 Å². The normalized spacial score (nSPS) is 15.5. The lowest BCUT2D eigenvalue weighted by Crippen LogP contribution is -2.43. The maximum Gasteiger partial charge on any atom is 0.251 e. The fraction of sp³-hybridized carbons (Fsp3) is 0.333. The molecule has 4 rings (SSSR count). The van der Waals surface area contributed by atoms with E-state index in [0.29, 0.717) is 30.3 Å². The SMILES string of the molecule is Cc1nn(-c2ccc(C(=O)NCC(c3ccc(F)cc3)N3CCOCC3)cc2)c(C)c1Cl. The van der Waals surface area contributed by atoms with Gasteiger partial charge in [0, 0.05) is 25.2 Å². The highest BCUT2D eigenvalue weighted by molar-refractivity contribution is 6.31. The summed E-state index contributed by atoms with van der Waals surface area (Å²) in [5, 5.41) is 8.12. The van der Waals surface area contributed by atoms with Crippen molar-refractivity contribution >= 4 is 17.5 Å². The molecule has 8 heteroatoms. The first-order chi connectivity index (χ1) is 15.4. The van der Waals surface area contributed by atoms with Gasteiger partial charge in [0.15, 0.2) is 0 Å². The smallest absolute Gasteiger partial charge is 0.251 e. The number of carbonyl (C=O) groups is 1. The Morgan fingerprint density at radius 3 is 2.38 bits per heavy atom. The van der Waals surface area contributed by atoms with Crippen LogP contribution in [0, 0.1) is 19.7 Å². The average Bonchev–Trinajstić information content (AvgIpc) is 3.08. The molecular formula is C24H26ClFN4O2. The molecule has 2 heterocycles. The number of hydrogen-bond donors (Lipinski definition) is 1. The molecule has 1 saturated heterocycles. The molecule has 0 spiro atoms. The van der Waals surface area contributed by atoms with E-state index in [-0.39, 0.29) is 17.8 Å². The highest BCUT2D eigenvalue weighted by Gasteiger charge is 2.23. The lowest BCUT2D eigenvalue weighted by atomic mass is 10.0. The van der Waals surface area contributed by atoms with Gasteiger partial charge in [-0.2, -0.15) is 5.10 Å². The van der Waals surface area contributed by atoms with Crippen molar-refractivity contribution in [2.75, 3.05) is 32.8 Å². The number of aromatic nitrogens is 2. The lowest BCUT2D eigenvalue weighted by molar-refractivity contribution is 0.0162. The van der Waals surface area contributed by atoms with E-state index in [4.69, 9.17) is 16.3 Å². The van der Waals surface area contributed by atoms with Crippen molar-refractivity contribution in [1.29, 1.82) is 0 Å². The summed E-state index contributed by atoms with van der Waals surface area (Å²) in [6.07, 6.45) is 0. The lowest BCUT2D eigenvalue weighted by Gasteiger charge is -2.35. The molecule has 1 aliphatic rings. The van der Waals surface area contributed by atoms with Crippen LogP contribution in [0.1, 0.15) is 33.4 Å². The van der Waals surface area contributed by atoms with Gasteiger partial charge in [-0.15, -0.1) is 0 Å². The standard InChI is InChI=1S/C24H26ClFN4O2/c1-16-23(25)17(2)30(28-16)21-9-5-19(6-10-21)24(31)27-15-22(29-11-13-32-14-12-29)18-3-7-20(26)8-4-18/h3-10,22H,11-15H2,1-2H3,(H,27,31). The summed E-state index contributed by atoms with van der Waals surface area (Å²) in [6.45, 7) is 6.99. The van der Waals surface area contributed by atoms with Gasteiger partial charge in [-0.3, -0.25) is 9.69 Å². The zero-order chi connectivity index (χ0) is 22.7. The van der Waals surface area contributed by atoms with Crippen molar-refractivity contribution in [3.63, 3.8) is 0 Å². The molecule has 1 atom stereocenters. The van der Waals surface area contributed by atoms with Crippen molar-refractivity contribution in [2.45, 2.75) is 19.9 Å². The maximum atomic E-state index is 13.4. The molecule has 168 valence electrons. The molecule has 1 fully saturated rings. The molecule has 0 saturated carbocycles. The van der Waals surface area contributed by atoms with Crippen LogP contribution in [-0.4, -0.2) is 53.4 Å². The number of amides is 1. The summed E-state index contributed by atoms with van der Waals surface area (Å²) in [4.78, 5) is 15.1. The van der Waals surface area contributed by atoms with Crippen molar-refractivity contribution in [2.24, 2.45) is 0 Å². The monoisotopic (exact) mass is 456 g/mol. The molecule has 1 aliphatic heterocycles. The van der Waals surface area contributed by atoms with Gasteiger partial charge in [0.1, 0.15) is 5.82 Å². The Morgan fingerprint density at radius 1 is 1.12 bits per heavy atom. The molecule has 2 aromatic carbocycles. The first-order valence-electron chi connectivity index (χ1n) is 10.6. The Kier molecular flexibility index (Phi) is 6.89. The van der Waals surface area contributed by atoms with E-state index in [0.717, 1.165) is 35.7 Å². The van der Waals surface area contributed by atoms with E-state index in [1.807, 2.05) is 26.0 Å². The second-order valence-electron chi connectivity index (χ2n) is 7.87. The third-order valence-corrected chi connectivity index (χ3v) is 6.32. The molecule has 1 unspecified atom stereocenters. The summed E-state index contributed by atoms with van der Waals surface area (Å²) in [5.41, 5.74) is 3.98. The number of aryl methyl sites for hydroxylation is 1. The highest BCUT2D eigenvalue weighted by atomic mass is 35.5. The molecule has 1 N–H and O–H groups in total. The maximum absolute atomic E-state index is 13.4. The first kappa shape index (κ1) is 22.5. The number of halogens is 2. The fourth-order valence-corrected chi connectivity index (χ4v) is 4.07. The number of rotatable bonds is 6. The fourth-order valence-electron chi connectivity index (χ4n) is 3.95. The Labute approximate surface area is 191 Å². The quantitative estimate of drug-likeness (QED) is 0.607. The number of hydrogen-bond acceptors (Lipinski definition) is 4. The number of morpholine rings is 1. The van der Waals surface area contributed by atoms with Gasteiger partial charge in [-0.25, -0.2) is 9.07 Å². The average molecular weight is 457 g/mol. The number of nitrogens with one attached hydrogen (secondary N) is 1. The molecule has 1 amide bonds. The van der Waals surface area contributed by atoms with E-state index in [1.54, 1.807) is 28.9 Å². The van der Waals surface area contributed by atoms with Gasteiger partial charge in [-0.05, 0) is 55.8 Å². The van der Waals surface area contributed by atoms with Crippen LogP contribution in [-0.2, 0) is 4.74 Å². The second-order valence-corrected chi connectivity index (χ2v) is 8.25. The number of carbonyl (C=O) groups excluding carboxylic acids is 1. The van der Waals surface area contributed by atoms with Crippen molar-refractivity contribution < 1.29 is 13.9 Å². The predicted molar refractivity (Wildman–Crippen MR) is 122 cm³/mol. The largest absolute Gasteiger partial charge is 0.379 e. The van der Waals surface area contributed by atoms with Gasteiger partial charge in [0.2, 0.25) is 0 Å². The first-order valence-corrected chi connectivity index (χ1v) is 11.0. The minimum absolute atomic E-state index is 0.0560. The van der Waals surface area contributed by atoms with Crippen LogP contribution in [0.4, 0.5) is 4.39 Å².